The third kappa shape index (κ3) is 5.14. The van der Waals surface area contributed by atoms with E-state index in [1.165, 1.54) is 12.8 Å². The quantitative estimate of drug-likeness (QED) is 0.316. The van der Waals surface area contributed by atoms with Gasteiger partial charge in [-0.15, -0.1) is 0 Å². The molecule has 2 saturated heterocycles. The van der Waals surface area contributed by atoms with Crippen molar-refractivity contribution in [1.82, 2.24) is 4.90 Å². The van der Waals surface area contributed by atoms with Gasteiger partial charge >= 0.3 is 5.97 Å². The fourth-order valence-electron chi connectivity index (χ4n) is 13.9. The van der Waals surface area contributed by atoms with Crippen LogP contribution in [0.15, 0.2) is 0 Å². The molecule has 0 aromatic heterocycles. The molecule has 7 aliphatic rings. The summed E-state index contributed by atoms with van der Waals surface area (Å²) in [5.74, 6) is 0.725. The van der Waals surface area contributed by atoms with Gasteiger partial charge in [0.2, 0.25) is 5.91 Å². The molecule has 5 aliphatic carbocycles. The zero-order valence-electron chi connectivity index (χ0n) is 31.3. The standard InChI is InChI=1S/C39H64N2O8/c1-9-28(43)49-33(35(5,6)45)23-18-22(2)30-31(47-23)32(44)37(8)25-11-10-24-34(3,4)26(48-29-20-41(16-17-46-29)19-27(40)42)12-13-38(24)21-39(25,38)15-14-36(30,37)7/h22-26,29-33,44-45H,9-21H2,1-8H3,(H2,40,42). The van der Waals surface area contributed by atoms with E-state index in [0.717, 1.165) is 32.1 Å². The molecule has 49 heavy (non-hydrogen) atoms. The summed E-state index contributed by atoms with van der Waals surface area (Å²) < 4.78 is 25.5. The first-order valence-electron chi connectivity index (χ1n) is 19.4. The minimum atomic E-state index is -1.27. The molecule has 278 valence electrons. The van der Waals surface area contributed by atoms with Gasteiger partial charge in [0.25, 0.3) is 0 Å². The molecule has 2 aliphatic heterocycles. The molecule has 2 spiro atoms. The number of nitrogens with zero attached hydrogens (tertiary/aromatic N) is 1. The number of hydrogen-bond donors (Lipinski definition) is 3. The van der Waals surface area contributed by atoms with Crippen molar-refractivity contribution in [3.8, 4) is 0 Å². The maximum atomic E-state index is 12.6. The van der Waals surface area contributed by atoms with Crippen LogP contribution >= 0.6 is 0 Å². The molecule has 2 heterocycles. The second-order valence-corrected chi connectivity index (χ2v) is 19.1. The van der Waals surface area contributed by atoms with E-state index >= 15 is 0 Å². The van der Waals surface area contributed by atoms with Crippen LogP contribution < -0.4 is 5.73 Å². The minimum absolute atomic E-state index is 0.0289. The number of nitrogens with two attached hydrogens (primary N) is 1. The SMILES string of the molecule is CCC(=O)OC(C1CC(C)C2C(O1)C(O)C1(C)C3CCC4C(C)(C)C(OC5CN(CC(N)=O)CCO5)CCC45CC35CCC21C)C(C)(C)O. The van der Waals surface area contributed by atoms with Crippen molar-refractivity contribution < 1.29 is 38.7 Å². The second kappa shape index (κ2) is 11.9. The summed E-state index contributed by atoms with van der Waals surface area (Å²) in [5, 5.41) is 23.7. The number of carbonyl (C=O) groups excluding carboxylic acids is 2. The summed E-state index contributed by atoms with van der Waals surface area (Å²) >= 11 is 0. The molecule has 0 aromatic carbocycles. The van der Waals surface area contributed by atoms with Gasteiger partial charge in [-0.25, -0.2) is 0 Å². The summed E-state index contributed by atoms with van der Waals surface area (Å²) in [4.78, 5) is 26.1. The number of morpholine rings is 1. The van der Waals surface area contributed by atoms with Gasteiger partial charge in [0.15, 0.2) is 12.4 Å². The molecule has 10 nitrogen and oxygen atoms in total. The number of aliphatic hydroxyl groups excluding tert-OH is 1. The lowest BCUT2D eigenvalue weighted by Gasteiger charge is -2.64. The van der Waals surface area contributed by atoms with Crippen LogP contribution in [0.1, 0.15) is 113 Å². The van der Waals surface area contributed by atoms with Gasteiger partial charge in [-0.3, -0.25) is 14.5 Å². The molecule has 14 unspecified atom stereocenters. The zero-order chi connectivity index (χ0) is 35.5. The lowest BCUT2D eigenvalue weighted by atomic mass is 9.41. The normalized spacial score (nSPS) is 49.4. The number of hydrogen-bond acceptors (Lipinski definition) is 9. The van der Waals surface area contributed by atoms with Gasteiger partial charge in [0, 0.05) is 18.4 Å². The summed E-state index contributed by atoms with van der Waals surface area (Å²) in [6.45, 7) is 19.1. The van der Waals surface area contributed by atoms with Crippen molar-refractivity contribution >= 4 is 11.9 Å². The third-order valence-corrected chi connectivity index (χ3v) is 16.2. The number of amides is 1. The molecule has 14 atom stereocenters. The Labute approximate surface area is 293 Å². The maximum Gasteiger partial charge on any atom is 0.305 e. The van der Waals surface area contributed by atoms with Gasteiger partial charge in [-0.2, -0.15) is 0 Å². The first kappa shape index (κ1) is 36.1. The molecule has 0 aromatic rings. The lowest BCUT2D eigenvalue weighted by molar-refractivity contribution is -0.248. The van der Waals surface area contributed by atoms with Crippen LogP contribution in [0.5, 0.6) is 0 Å². The highest BCUT2D eigenvalue weighted by Crippen LogP contribution is 2.89. The average molecular weight is 689 g/mol. The van der Waals surface area contributed by atoms with Gasteiger partial charge in [-0.1, -0.05) is 41.5 Å². The Morgan fingerprint density at radius 1 is 1.06 bits per heavy atom. The van der Waals surface area contributed by atoms with Gasteiger partial charge in [0.05, 0.1) is 49.7 Å². The molecule has 0 radical (unpaired) electrons. The van der Waals surface area contributed by atoms with E-state index in [0.29, 0.717) is 38.0 Å². The fourth-order valence-corrected chi connectivity index (χ4v) is 13.9. The molecule has 0 bridgehead atoms. The minimum Gasteiger partial charge on any atom is -0.457 e. The molecule has 7 rings (SSSR count). The molecular weight excluding hydrogens is 624 g/mol. The Hall–Kier alpha value is -1.30. The summed E-state index contributed by atoms with van der Waals surface area (Å²) in [5.41, 5.74) is 4.28. The van der Waals surface area contributed by atoms with Crippen LogP contribution in [-0.4, -0.2) is 95.6 Å². The van der Waals surface area contributed by atoms with E-state index in [9.17, 15) is 19.8 Å². The predicted molar refractivity (Wildman–Crippen MR) is 183 cm³/mol. The van der Waals surface area contributed by atoms with Gasteiger partial charge in [0.1, 0.15) is 0 Å². The number of rotatable bonds is 8. The van der Waals surface area contributed by atoms with Crippen LogP contribution in [-0.2, 0) is 28.5 Å². The van der Waals surface area contributed by atoms with E-state index in [1.54, 1.807) is 20.8 Å². The van der Waals surface area contributed by atoms with Crippen molar-refractivity contribution in [3.63, 3.8) is 0 Å². The predicted octanol–water partition coefficient (Wildman–Crippen LogP) is 4.42. The topological polar surface area (TPSA) is 141 Å². The van der Waals surface area contributed by atoms with Crippen LogP contribution in [0.4, 0.5) is 0 Å². The maximum absolute atomic E-state index is 12.6. The highest BCUT2D eigenvalue weighted by molar-refractivity contribution is 5.75. The molecule has 10 heteroatoms. The lowest BCUT2D eigenvalue weighted by Crippen LogP contribution is -2.60. The molecule has 5 saturated carbocycles. The highest BCUT2D eigenvalue weighted by Gasteiger charge is 2.84. The monoisotopic (exact) mass is 688 g/mol. The second-order valence-electron chi connectivity index (χ2n) is 19.1. The third-order valence-electron chi connectivity index (χ3n) is 16.2. The number of primary amides is 1. The fraction of sp³-hybridized carbons (Fsp3) is 0.949. The summed E-state index contributed by atoms with van der Waals surface area (Å²) in [6, 6.07) is 0. The Bertz CT molecular complexity index is 1320. The van der Waals surface area contributed by atoms with Crippen molar-refractivity contribution in [2.24, 2.45) is 56.5 Å². The highest BCUT2D eigenvalue weighted by atomic mass is 16.7. The Balaban J connectivity index is 1.12. The van der Waals surface area contributed by atoms with Gasteiger partial charge in [-0.05, 0) is 111 Å². The first-order valence-corrected chi connectivity index (χ1v) is 19.4. The van der Waals surface area contributed by atoms with Gasteiger partial charge < -0.3 is 34.9 Å². The summed E-state index contributed by atoms with van der Waals surface area (Å²) in [7, 11) is 0. The van der Waals surface area contributed by atoms with Crippen LogP contribution in [0.2, 0.25) is 0 Å². The van der Waals surface area contributed by atoms with Crippen LogP contribution in [0.3, 0.4) is 0 Å². The largest absolute Gasteiger partial charge is 0.457 e. The molecule has 4 N–H and O–H groups in total. The number of fused-ring (bicyclic) bond motifs is 4. The van der Waals surface area contributed by atoms with Crippen molar-refractivity contribution in [2.75, 3.05) is 26.2 Å². The smallest absolute Gasteiger partial charge is 0.305 e. The van der Waals surface area contributed by atoms with Crippen LogP contribution in [0, 0.1) is 50.7 Å². The zero-order valence-corrected chi connectivity index (χ0v) is 31.3. The first-order chi connectivity index (χ1) is 22.9. The average Bonchev–Trinajstić information content (AvgIpc) is 3.65. The van der Waals surface area contributed by atoms with E-state index in [1.807, 2.05) is 4.90 Å². The summed E-state index contributed by atoms with van der Waals surface area (Å²) in [6.07, 6.45) is 6.25. The van der Waals surface area contributed by atoms with Crippen molar-refractivity contribution in [3.05, 3.63) is 0 Å². The van der Waals surface area contributed by atoms with Crippen LogP contribution in [0.25, 0.3) is 0 Å². The Morgan fingerprint density at radius 2 is 1.76 bits per heavy atom. The Morgan fingerprint density at radius 3 is 2.43 bits per heavy atom. The molecular formula is C39H64N2O8. The number of aliphatic hydroxyl groups is 2. The van der Waals surface area contributed by atoms with E-state index in [2.05, 4.69) is 34.6 Å². The number of ether oxygens (including phenoxy) is 4. The van der Waals surface area contributed by atoms with E-state index in [4.69, 9.17) is 24.7 Å². The molecule has 1 amide bonds. The number of esters is 1. The van der Waals surface area contributed by atoms with Crippen molar-refractivity contribution in [2.45, 2.75) is 156 Å². The number of carbonyl (C=O) groups is 2. The van der Waals surface area contributed by atoms with E-state index in [-0.39, 0.29) is 82.3 Å². The Kier molecular flexibility index (Phi) is 8.73. The van der Waals surface area contributed by atoms with Crippen molar-refractivity contribution in [1.29, 1.82) is 0 Å². The van der Waals surface area contributed by atoms with E-state index < -0.39 is 23.9 Å². The molecule has 7 fully saturated rings.